The molecule has 1 saturated carbocycles. The van der Waals surface area contributed by atoms with Crippen LogP contribution in [0.15, 0.2) is 30.0 Å². The lowest BCUT2D eigenvalue weighted by Gasteiger charge is -2.38. The molecular formula is C20H32O2Si. The van der Waals surface area contributed by atoms with Gasteiger partial charge in [0.2, 0.25) is 8.32 Å². The number of benzene rings is 1. The van der Waals surface area contributed by atoms with E-state index in [2.05, 4.69) is 39.6 Å². The average molecular weight is 333 g/mol. The van der Waals surface area contributed by atoms with Gasteiger partial charge >= 0.3 is 0 Å². The van der Waals surface area contributed by atoms with Crippen molar-refractivity contribution >= 4 is 14.4 Å². The average Bonchev–Trinajstić information content (AvgIpc) is 2.46. The van der Waals surface area contributed by atoms with Gasteiger partial charge in [-0.1, -0.05) is 50.7 Å². The predicted molar refractivity (Wildman–Crippen MR) is 101 cm³/mol. The second kappa shape index (κ2) is 7.23. The molecule has 23 heavy (non-hydrogen) atoms. The van der Waals surface area contributed by atoms with Crippen molar-refractivity contribution in [1.82, 2.24) is 0 Å². The number of para-hydroxylation sites is 1. The Balaban J connectivity index is 1.91. The van der Waals surface area contributed by atoms with E-state index in [-0.39, 0.29) is 0 Å². The molecule has 128 valence electrons. The van der Waals surface area contributed by atoms with Gasteiger partial charge in [-0.2, -0.15) is 0 Å². The Labute approximate surface area is 142 Å². The van der Waals surface area contributed by atoms with Crippen molar-refractivity contribution in [3.63, 3.8) is 0 Å². The molecule has 1 N–H and O–H groups in total. The Kier molecular flexibility index (Phi) is 5.74. The van der Waals surface area contributed by atoms with E-state index in [1.807, 2.05) is 24.3 Å². The Morgan fingerprint density at radius 1 is 1.09 bits per heavy atom. The SMILES string of the molecule is CC(C)(C)C1CCC(O[Si](C)(C)/C=C/c2ccccc2O)CC1. The van der Waals surface area contributed by atoms with E-state index in [1.54, 1.807) is 6.07 Å². The number of phenols is 1. The molecule has 3 heteroatoms. The van der Waals surface area contributed by atoms with Gasteiger partial charge in [0.25, 0.3) is 0 Å². The maximum absolute atomic E-state index is 9.86. The van der Waals surface area contributed by atoms with Crippen molar-refractivity contribution in [3.8, 4) is 5.75 Å². The van der Waals surface area contributed by atoms with Crippen molar-refractivity contribution in [2.24, 2.45) is 11.3 Å². The number of hydrogen-bond donors (Lipinski definition) is 1. The molecular weight excluding hydrogens is 300 g/mol. The normalized spacial score (nSPS) is 23.3. The highest BCUT2D eigenvalue weighted by molar-refractivity contribution is 6.76. The van der Waals surface area contributed by atoms with Crippen LogP contribution in [0.5, 0.6) is 5.75 Å². The van der Waals surface area contributed by atoms with E-state index in [1.165, 1.54) is 25.7 Å². The van der Waals surface area contributed by atoms with Gasteiger partial charge in [-0.05, 0) is 56.2 Å². The van der Waals surface area contributed by atoms with Crippen LogP contribution in [0.4, 0.5) is 0 Å². The molecule has 0 radical (unpaired) electrons. The molecule has 0 heterocycles. The summed E-state index contributed by atoms with van der Waals surface area (Å²) < 4.78 is 6.47. The maximum atomic E-state index is 9.86. The molecule has 1 fully saturated rings. The zero-order valence-corrected chi connectivity index (χ0v) is 16.3. The number of aromatic hydroxyl groups is 1. The molecule has 0 spiro atoms. The lowest BCUT2D eigenvalue weighted by molar-refractivity contribution is 0.0848. The Hall–Kier alpha value is -1.06. The van der Waals surface area contributed by atoms with Gasteiger partial charge < -0.3 is 9.53 Å². The molecule has 1 aliphatic rings. The Morgan fingerprint density at radius 3 is 2.26 bits per heavy atom. The van der Waals surface area contributed by atoms with Crippen LogP contribution in [-0.4, -0.2) is 19.5 Å². The van der Waals surface area contributed by atoms with E-state index in [4.69, 9.17) is 4.43 Å². The van der Waals surface area contributed by atoms with E-state index < -0.39 is 8.32 Å². The minimum Gasteiger partial charge on any atom is -0.507 e. The minimum atomic E-state index is -1.86. The van der Waals surface area contributed by atoms with Gasteiger partial charge in [0.05, 0.1) is 0 Å². The first-order valence-electron chi connectivity index (χ1n) is 8.82. The van der Waals surface area contributed by atoms with Crippen LogP contribution in [0.2, 0.25) is 13.1 Å². The molecule has 1 aliphatic carbocycles. The summed E-state index contributed by atoms with van der Waals surface area (Å²) in [5.41, 5.74) is 3.48. The second-order valence-corrected chi connectivity index (χ2v) is 12.2. The maximum Gasteiger partial charge on any atom is 0.211 e. The third kappa shape index (κ3) is 5.50. The summed E-state index contributed by atoms with van der Waals surface area (Å²) in [5, 5.41) is 9.86. The van der Waals surface area contributed by atoms with Crippen molar-refractivity contribution in [2.45, 2.75) is 65.7 Å². The molecule has 2 rings (SSSR count). The Morgan fingerprint density at radius 2 is 1.70 bits per heavy atom. The highest BCUT2D eigenvalue weighted by Gasteiger charge is 2.32. The fourth-order valence-electron chi connectivity index (χ4n) is 3.43. The summed E-state index contributed by atoms with van der Waals surface area (Å²) in [6, 6.07) is 7.45. The topological polar surface area (TPSA) is 29.5 Å². The zero-order valence-electron chi connectivity index (χ0n) is 15.3. The first-order chi connectivity index (χ1) is 10.7. The standard InChI is InChI=1S/C20H32O2Si/c1-20(2,3)17-10-12-18(13-11-17)22-23(4,5)15-14-16-8-6-7-9-19(16)21/h6-9,14-15,17-18,21H,10-13H2,1-5H3/b15-14+. The van der Waals surface area contributed by atoms with Crippen LogP contribution < -0.4 is 0 Å². The van der Waals surface area contributed by atoms with Gasteiger partial charge in [0.15, 0.2) is 0 Å². The third-order valence-electron chi connectivity index (χ3n) is 4.97. The van der Waals surface area contributed by atoms with E-state index in [0.29, 0.717) is 17.3 Å². The van der Waals surface area contributed by atoms with Crippen LogP contribution in [0.25, 0.3) is 6.08 Å². The lowest BCUT2D eigenvalue weighted by atomic mass is 9.72. The van der Waals surface area contributed by atoms with Crippen molar-refractivity contribution in [3.05, 3.63) is 35.5 Å². The number of rotatable bonds is 4. The molecule has 0 aromatic heterocycles. The van der Waals surface area contributed by atoms with Gasteiger partial charge in [-0.25, -0.2) is 0 Å². The smallest absolute Gasteiger partial charge is 0.211 e. The van der Waals surface area contributed by atoms with Crippen molar-refractivity contribution in [1.29, 1.82) is 0 Å². The predicted octanol–water partition coefficient (Wildman–Crippen LogP) is 5.77. The molecule has 1 aromatic carbocycles. The number of hydrogen-bond acceptors (Lipinski definition) is 2. The molecule has 0 bridgehead atoms. The fourth-order valence-corrected chi connectivity index (χ4v) is 5.19. The molecule has 0 unspecified atom stereocenters. The molecule has 2 nitrogen and oxygen atoms in total. The van der Waals surface area contributed by atoms with E-state index in [0.717, 1.165) is 11.5 Å². The monoisotopic (exact) mass is 332 g/mol. The van der Waals surface area contributed by atoms with Gasteiger partial charge in [0.1, 0.15) is 5.75 Å². The molecule has 1 aromatic rings. The van der Waals surface area contributed by atoms with Crippen LogP contribution >= 0.6 is 0 Å². The van der Waals surface area contributed by atoms with Gasteiger partial charge in [0, 0.05) is 11.7 Å². The quantitative estimate of drug-likeness (QED) is 0.709. The summed E-state index contributed by atoms with van der Waals surface area (Å²) >= 11 is 0. The van der Waals surface area contributed by atoms with Crippen LogP contribution in [0, 0.1) is 11.3 Å². The summed E-state index contributed by atoms with van der Waals surface area (Å²) in [6.07, 6.45) is 7.35. The molecule has 0 atom stereocenters. The van der Waals surface area contributed by atoms with Gasteiger partial charge in [-0.15, -0.1) is 0 Å². The van der Waals surface area contributed by atoms with Crippen LogP contribution in [-0.2, 0) is 4.43 Å². The first-order valence-corrected chi connectivity index (χ1v) is 11.8. The molecule has 0 saturated heterocycles. The summed E-state index contributed by atoms with van der Waals surface area (Å²) in [5.74, 6) is 1.16. The summed E-state index contributed by atoms with van der Waals surface area (Å²) in [4.78, 5) is 0. The van der Waals surface area contributed by atoms with Crippen LogP contribution in [0.1, 0.15) is 52.0 Å². The minimum absolute atomic E-state index is 0.333. The van der Waals surface area contributed by atoms with Gasteiger partial charge in [-0.3, -0.25) is 0 Å². The summed E-state index contributed by atoms with van der Waals surface area (Å²) in [7, 11) is -1.86. The van der Waals surface area contributed by atoms with Crippen molar-refractivity contribution in [2.75, 3.05) is 0 Å². The van der Waals surface area contributed by atoms with Crippen molar-refractivity contribution < 1.29 is 9.53 Å². The zero-order chi connectivity index (χ0) is 17.1. The largest absolute Gasteiger partial charge is 0.507 e. The second-order valence-electron chi connectivity index (χ2n) is 8.45. The Bertz CT molecular complexity index is 535. The third-order valence-corrected chi connectivity index (χ3v) is 6.88. The number of phenolic OH excluding ortho intramolecular Hbond substituents is 1. The van der Waals surface area contributed by atoms with Crippen LogP contribution in [0.3, 0.4) is 0 Å². The highest BCUT2D eigenvalue weighted by atomic mass is 28.4. The first kappa shape index (κ1) is 18.3. The molecule has 0 amide bonds. The lowest BCUT2D eigenvalue weighted by Crippen LogP contribution is -2.37. The van der Waals surface area contributed by atoms with E-state index in [9.17, 15) is 5.11 Å². The van der Waals surface area contributed by atoms with E-state index >= 15 is 0 Å². The summed E-state index contributed by atoms with van der Waals surface area (Å²) in [6.45, 7) is 11.5. The molecule has 0 aliphatic heterocycles. The fraction of sp³-hybridized carbons (Fsp3) is 0.600. The highest BCUT2D eigenvalue weighted by Crippen LogP contribution is 2.39.